The molecule has 0 saturated heterocycles. The van der Waals surface area contributed by atoms with Gasteiger partial charge in [0.15, 0.2) is 11.5 Å². The molecule has 0 unspecified atom stereocenters. The van der Waals surface area contributed by atoms with Crippen LogP contribution in [0.25, 0.3) is 0 Å². The van der Waals surface area contributed by atoms with E-state index in [9.17, 15) is 0 Å². The fourth-order valence-electron chi connectivity index (χ4n) is 2.24. The fourth-order valence-corrected chi connectivity index (χ4v) is 2.24. The minimum absolute atomic E-state index is 0.340. The van der Waals surface area contributed by atoms with Gasteiger partial charge in [-0.2, -0.15) is 5.26 Å². The monoisotopic (exact) mass is 258 g/mol. The molecule has 0 saturated carbocycles. The molecule has 1 heterocycles. The van der Waals surface area contributed by atoms with E-state index in [0.717, 1.165) is 35.7 Å². The highest BCUT2D eigenvalue weighted by atomic mass is 16.5. The van der Waals surface area contributed by atoms with Gasteiger partial charge < -0.3 is 9.47 Å². The Balaban J connectivity index is 2.44. The molecule has 1 aromatic rings. The average molecular weight is 258 g/mol. The van der Waals surface area contributed by atoms with Crippen LogP contribution < -0.4 is 9.47 Å². The minimum Gasteiger partial charge on any atom is -0.490 e. The number of nitrogens with zero attached hydrogens (tertiary/aromatic N) is 2. The van der Waals surface area contributed by atoms with E-state index in [1.54, 1.807) is 0 Å². The van der Waals surface area contributed by atoms with E-state index in [1.807, 2.05) is 26.0 Å². The highest BCUT2D eigenvalue weighted by molar-refractivity contribution is 6.04. The van der Waals surface area contributed by atoms with E-state index in [-0.39, 0.29) is 0 Å². The molecule has 0 amide bonds. The lowest BCUT2D eigenvalue weighted by Gasteiger charge is -2.19. The summed E-state index contributed by atoms with van der Waals surface area (Å²) >= 11 is 0. The van der Waals surface area contributed by atoms with Crippen molar-refractivity contribution >= 4 is 5.71 Å². The maximum Gasteiger partial charge on any atom is 0.161 e. The Bertz CT molecular complexity index is 530. The van der Waals surface area contributed by atoms with Crippen molar-refractivity contribution in [1.29, 1.82) is 5.26 Å². The zero-order valence-corrected chi connectivity index (χ0v) is 11.4. The Labute approximate surface area is 113 Å². The quantitative estimate of drug-likeness (QED) is 0.816. The zero-order chi connectivity index (χ0) is 13.7. The van der Waals surface area contributed by atoms with Crippen molar-refractivity contribution in [2.45, 2.75) is 26.7 Å². The van der Waals surface area contributed by atoms with Crippen molar-refractivity contribution < 1.29 is 9.47 Å². The molecule has 0 radical (unpaired) electrons. The third-order valence-corrected chi connectivity index (χ3v) is 3.01. The second kappa shape index (κ2) is 6.24. The Morgan fingerprint density at radius 1 is 1.21 bits per heavy atom. The molecular weight excluding hydrogens is 240 g/mol. The van der Waals surface area contributed by atoms with Gasteiger partial charge >= 0.3 is 0 Å². The van der Waals surface area contributed by atoms with Crippen LogP contribution in [0.2, 0.25) is 0 Å². The summed E-state index contributed by atoms with van der Waals surface area (Å²) in [5.41, 5.74) is 3.07. The number of fused-ring (bicyclic) bond motifs is 1. The first-order valence-corrected chi connectivity index (χ1v) is 6.63. The lowest BCUT2D eigenvalue weighted by molar-refractivity contribution is 0.287. The maximum atomic E-state index is 8.87. The maximum absolute atomic E-state index is 8.87. The second-order valence-electron chi connectivity index (χ2n) is 4.24. The summed E-state index contributed by atoms with van der Waals surface area (Å²) in [6.07, 6.45) is 1.23. The molecular formula is C15H18N2O2. The summed E-state index contributed by atoms with van der Waals surface area (Å²) < 4.78 is 11.2. The summed E-state index contributed by atoms with van der Waals surface area (Å²) in [5.74, 6) is 1.51. The van der Waals surface area contributed by atoms with Crippen molar-refractivity contribution in [3.05, 3.63) is 23.3 Å². The first-order chi connectivity index (χ1) is 9.30. The number of hydrogen-bond donors (Lipinski definition) is 0. The largest absolute Gasteiger partial charge is 0.490 e. The molecule has 4 nitrogen and oxygen atoms in total. The predicted molar refractivity (Wildman–Crippen MR) is 74.1 cm³/mol. The lowest BCUT2D eigenvalue weighted by atomic mass is 9.95. The van der Waals surface area contributed by atoms with Gasteiger partial charge in [0.1, 0.15) is 0 Å². The van der Waals surface area contributed by atoms with Crippen LogP contribution in [0.1, 0.15) is 31.4 Å². The minimum atomic E-state index is 0.340. The predicted octanol–water partition coefficient (Wildman–Crippen LogP) is 2.74. The third kappa shape index (κ3) is 2.87. The molecule has 0 bridgehead atoms. The molecule has 1 aliphatic rings. The topological polar surface area (TPSA) is 54.6 Å². The van der Waals surface area contributed by atoms with Gasteiger partial charge in [0.2, 0.25) is 0 Å². The molecule has 4 heteroatoms. The molecule has 0 spiro atoms. The summed E-state index contributed by atoms with van der Waals surface area (Å²) in [7, 11) is 0. The number of aliphatic imine (C=N–C) groups is 1. The third-order valence-electron chi connectivity index (χ3n) is 3.01. The smallest absolute Gasteiger partial charge is 0.161 e. The van der Waals surface area contributed by atoms with Crippen LogP contribution >= 0.6 is 0 Å². The van der Waals surface area contributed by atoms with Gasteiger partial charge in [0.05, 0.1) is 31.4 Å². The standard InChI is InChI=1S/C15H18N2O2/c1-3-18-14-9-11-6-8-17-13(5-7-16)12(11)10-15(14)19-4-2/h9-10H,3-6,8H2,1-2H3. The van der Waals surface area contributed by atoms with Gasteiger partial charge in [-0.25, -0.2) is 0 Å². The van der Waals surface area contributed by atoms with Gasteiger partial charge in [-0.15, -0.1) is 0 Å². The van der Waals surface area contributed by atoms with E-state index >= 15 is 0 Å². The van der Waals surface area contributed by atoms with Crippen LogP contribution in [-0.2, 0) is 6.42 Å². The summed E-state index contributed by atoms with van der Waals surface area (Å²) in [6, 6.07) is 6.15. The van der Waals surface area contributed by atoms with Crippen molar-refractivity contribution in [3.63, 3.8) is 0 Å². The molecule has 1 aliphatic heterocycles. The van der Waals surface area contributed by atoms with Crippen molar-refractivity contribution in [2.24, 2.45) is 4.99 Å². The van der Waals surface area contributed by atoms with Crippen molar-refractivity contribution in [3.8, 4) is 17.6 Å². The number of rotatable bonds is 5. The van der Waals surface area contributed by atoms with E-state index in [0.29, 0.717) is 19.6 Å². The van der Waals surface area contributed by atoms with Crippen LogP contribution in [0.5, 0.6) is 11.5 Å². The van der Waals surface area contributed by atoms with Crippen LogP contribution in [0, 0.1) is 11.3 Å². The highest BCUT2D eigenvalue weighted by Gasteiger charge is 2.18. The normalized spacial score (nSPS) is 13.2. The molecule has 100 valence electrons. The summed E-state index contributed by atoms with van der Waals surface area (Å²) in [4.78, 5) is 4.44. The van der Waals surface area contributed by atoms with Gasteiger partial charge in [-0.05, 0) is 38.0 Å². The van der Waals surface area contributed by atoms with Gasteiger partial charge in [0.25, 0.3) is 0 Å². The van der Waals surface area contributed by atoms with Crippen LogP contribution in [0.15, 0.2) is 17.1 Å². The SMILES string of the molecule is CCOc1cc2c(cc1OCC)C(CC#N)=NCC2. The molecule has 2 rings (SSSR count). The first kappa shape index (κ1) is 13.4. The molecule has 0 aromatic heterocycles. The van der Waals surface area contributed by atoms with E-state index < -0.39 is 0 Å². The number of ether oxygens (including phenoxy) is 2. The number of nitriles is 1. The molecule has 1 aromatic carbocycles. The van der Waals surface area contributed by atoms with E-state index in [2.05, 4.69) is 11.1 Å². The Kier molecular flexibility index (Phi) is 4.40. The number of hydrogen-bond acceptors (Lipinski definition) is 4. The molecule has 0 aliphatic carbocycles. The van der Waals surface area contributed by atoms with Gasteiger partial charge in [0, 0.05) is 12.1 Å². The molecule has 0 fully saturated rings. The summed E-state index contributed by atoms with van der Waals surface area (Å²) in [5, 5.41) is 8.87. The Morgan fingerprint density at radius 3 is 2.53 bits per heavy atom. The first-order valence-electron chi connectivity index (χ1n) is 6.63. The highest BCUT2D eigenvalue weighted by Crippen LogP contribution is 2.33. The van der Waals surface area contributed by atoms with Crippen molar-refractivity contribution in [1.82, 2.24) is 0 Å². The fraction of sp³-hybridized carbons (Fsp3) is 0.467. The zero-order valence-electron chi connectivity index (χ0n) is 11.4. The van der Waals surface area contributed by atoms with Crippen LogP contribution in [0.3, 0.4) is 0 Å². The average Bonchev–Trinajstić information content (AvgIpc) is 2.41. The van der Waals surface area contributed by atoms with E-state index in [1.165, 1.54) is 5.56 Å². The lowest BCUT2D eigenvalue weighted by Crippen LogP contribution is -2.13. The van der Waals surface area contributed by atoms with Crippen molar-refractivity contribution in [2.75, 3.05) is 19.8 Å². The summed E-state index contributed by atoms with van der Waals surface area (Å²) in [6.45, 7) is 5.84. The van der Waals surface area contributed by atoms with Crippen LogP contribution in [0.4, 0.5) is 0 Å². The Morgan fingerprint density at radius 2 is 1.89 bits per heavy atom. The molecule has 0 N–H and O–H groups in total. The van der Waals surface area contributed by atoms with Gasteiger partial charge in [-0.3, -0.25) is 4.99 Å². The second-order valence-corrected chi connectivity index (χ2v) is 4.24. The van der Waals surface area contributed by atoms with Crippen LogP contribution in [-0.4, -0.2) is 25.5 Å². The Hall–Kier alpha value is -2.02. The molecule has 0 atom stereocenters. The van der Waals surface area contributed by atoms with E-state index in [4.69, 9.17) is 14.7 Å². The molecule has 19 heavy (non-hydrogen) atoms. The van der Waals surface area contributed by atoms with Gasteiger partial charge in [-0.1, -0.05) is 0 Å². The number of benzene rings is 1.